The minimum atomic E-state index is -0.152. The van der Waals surface area contributed by atoms with E-state index in [4.69, 9.17) is 0 Å². The lowest BCUT2D eigenvalue weighted by Crippen LogP contribution is -2.18. The predicted molar refractivity (Wildman–Crippen MR) is 49.0 cm³/mol. The van der Waals surface area contributed by atoms with E-state index in [2.05, 4.69) is 10.3 Å². The van der Waals surface area contributed by atoms with E-state index in [-0.39, 0.29) is 5.91 Å². The van der Waals surface area contributed by atoms with E-state index in [1.54, 1.807) is 31.4 Å². The summed E-state index contributed by atoms with van der Waals surface area (Å²) >= 11 is 0. The molecule has 0 fully saturated rings. The zero-order valence-electron chi connectivity index (χ0n) is 7.66. The standard InChI is InChI=1S/C7H8N2O.C2H6/c1-8-7(10)6-4-2-3-5-9-6;1-2/h2-5H,1H3,(H,8,10);1-2H3. The van der Waals surface area contributed by atoms with Crippen LogP contribution in [0.2, 0.25) is 0 Å². The Hall–Kier alpha value is -1.38. The van der Waals surface area contributed by atoms with Gasteiger partial charge in [-0.05, 0) is 12.1 Å². The van der Waals surface area contributed by atoms with E-state index in [1.807, 2.05) is 13.8 Å². The quantitative estimate of drug-likeness (QED) is 0.686. The smallest absolute Gasteiger partial charge is 0.269 e. The molecule has 3 heteroatoms. The summed E-state index contributed by atoms with van der Waals surface area (Å²) < 4.78 is 0. The third-order valence-electron chi connectivity index (χ3n) is 1.12. The fourth-order valence-corrected chi connectivity index (χ4v) is 0.625. The van der Waals surface area contributed by atoms with Crippen molar-refractivity contribution in [2.45, 2.75) is 13.8 Å². The van der Waals surface area contributed by atoms with Crippen molar-refractivity contribution in [3.05, 3.63) is 30.1 Å². The molecule has 0 spiro atoms. The van der Waals surface area contributed by atoms with Crippen molar-refractivity contribution < 1.29 is 4.79 Å². The highest BCUT2D eigenvalue weighted by molar-refractivity contribution is 5.91. The number of nitrogens with one attached hydrogen (secondary N) is 1. The molecule has 1 N–H and O–H groups in total. The molecule has 0 saturated carbocycles. The summed E-state index contributed by atoms with van der Waals surface area (Å²) in [5.41, 5.74) is 0.449. The minimum Gasteiger partial charge on any atom is -0.354 e. The number of pyridine rings is 1. The van der Waals surface area contributed by atoms with Gasteiger partial charge < -0.3 is 5.32 Å². The Balaban J connectivity index is 0.000000561. The molecular formula is C9H14N2O. The summed E-state index contributed by atoms with van der Waals surface area (Å²) in [5.74, 6) is -0.152. The van der Waals surface area contributed by atoms with Crippen LogP contribution in [0.4, 0.5) is 0 Å². The van der Waals surface area contributed by atoms with Gasteiger partial charge in [-0.15, -0.1) is 0 Å². The van der Waals surface area contributed by atoms with Crippen LogP contribution in [-0.2, 0) is 0 Å². The molecule has 66 valence electrons. The fourth-order valence-electron chi connectivity index (χ4n) is 0.625. The van der Waals surface area contributed by atoms with Crippen LogP contribution in [0.15, 0.2) is 24.4 Å². The Kier molecular flexibility index (Phi) is 5.61. The molecule has 1 rings (SSSR count). The van der Waals surface area contributed by atoms with Gasteiger partial charge in [0.05, 0.1) is 0 Å². The lowest BCUT2D eigenvalue weighted by atomic mass is 10.3. The molecule has 0 saturated heterocycles. The van der Waals surface area contributed by atoms with Gasteiger partial charge >= 0.3 is 0 Å². The Bertz CT molecular complexity index is 221. The van der Waals surface area contributed by atoms with Gasteiger partial charge in [0, 0.05) is 13.2 Å². The first-order valence-electron chi connectivity index (χ1n) is 3.97. The lowest BCUT2D eigenvalue weighted by molar-refractivity contribution is 0.0958. The van der Waals surface area contributed by atoms with E-state index >= 15 is 0 Å². The summed E-state index contributed by atoms with van der Waals surface area (Å²) in [6, 6.07) is 5.21. The van der Waals surface area contributed by atoms with Crippen molar-refractivity contribution in [3.8, 4) is 0 Å². The highest BCUT2D eigenvalue weighted by Gasteiger charge is 1.99. The highest BCUT2D eigenvalue weighted by atomic mass is 16.1. The molecule has 1 amide bonds. The zero-order chi connectivity index (χ0) is 9.40. The summed E-state index contributed by atoms with van der Waals surface area (Å²) in [4.78, 5) is 14.7. The van der Waals surface area contributed by atoms with Gasteiger partial charge in [-0.25, -0.2) is 0 Å². The van der Waals surface area contributed by atoms with Crippen molar-refractivity contribution in [3.63, 3.8) is 0 Å². The molecule has 0 aliphatic heterocycles. The summed E-state index contributed by atoms with van der Waals surface area (Å²) in [7, 11) is 1.58. The van der Waals surface area contributed by atoms with Gasteiger partial charge in [0.1, 0.15) is 5.69 Å². The van der Waals surface area contributed by atoms with E-state index in [0.717, 1.165) is 0 Å². The molecule has 12 heavy (non-hydrogen) atoms. The Morgan fingerprint density at radius 2 is 2.08 bits per heavy atom. The zero-order valence-corrected chi connectivity index (χ0v) is 7.66. The molecule has 1 heterocycles. The van der Waals surface area contributed by atoms with Crippen LogP contribution >= 0.6 is 0 Å². The van der Waals surface area contributed by atoms with Gasteiger partial charge in [-0.2, -0.15) is 0 Å². The molecular weight excluding hydrogens is 152 g/mol. The molecule has 1 aromatic rings. The van der Waals surface area contributed by atoms with Crippen LogP contribution in [0.1, 0.15) is 24.3 Å². The van der Waals surface area contributed by atoms with Gasteiger partial charge in [0.2, 0.25) is 0 Å². The van der Waals surface area contributed by atoms with Crippen LogP contribution in [0, 0.1) is 0 Å². The number of carbonyl (C=O) groups is 1. The summed E-state index contributed by atoms with van der Waals surface area (Å²) in [5, 5.41) is 2.48. The molecule has 0 aliphatic rings. The number of amides is 1. The Morgan fingerprint density at radius 3 is 2.50 bits per heavy atom. The van der Waals surface area contributed by atoms with Crippen molar-refractivity contribution in [1.82, 2.24) is 10.3 Å². The van der Waals surface area contributed by atoms with Gasteiger partial charge in [-0.3, -0.25) is 9.78 Å². The van der Waals surface area contributed by atoms with Crippen molar-refractivity contribution in [1.29, 1.82) is 0 Å². The van der Waals surface area contributed by atoms with E-state index in [9.17, 15) is 4.79 Å². The molecule has 0 unspecified atom stereocenters. The second-order valence-electron chi connectivity index (χ2n) is 1.79. The monoisotopic (exact) mass is 166 g/mol. The predicted octanol–water partition coefficient (Wildman–Crippen LogP) is 1.47. The maximum Gasteiger partial charge on any atom is 0.269 e. The largest absolute Gasteiger partial charge is 0.354 e. The lowest BCUT2D eigenvalue weighted by Gasteiger charge is -1.94. The SMILES string of the molecule is CC.CNC(=O)c1ccccn1. The van der Waals surface area contributed by atoms with Crippen LogP contribution in [0.25, 0.3) is 0 Å². The molecule has 0 radical (unpaired) electrons. The average molecular weight is 166 g/mol. The third-order valence-corrected chi connectivity index (χ3v) is 1.12. The number of hydrogen-bond donors (Lipinski definition) is 1. The topological polar surface area (TPSA) is 42.0 Å². The van der Waals surface area contributed by atoms with Gasteiger partial charge in [0.15, 0.2) is 0 Å². The highest BCUT2D eigenvalue weighted by Crippen LogP contribution is 1.90. The number of carbonyl (C=O) groups excluding carboxylic acids is 1. The second-order valence-corrected chi connectivity index (χ2v) is 1.79. The molecule has 1 aromatic heterocycles. The van der Waals surface area contributed by atoms with Crippen LogP contribution in [0.3, 0.4) is 0 Å². The Labute approximate surface area is 72.8 Å². The number of rotatable bonds is 1. The fraction of sp³-hybridized carbons (Fsp3) is 0.333. The van der Waals surface area contributed by atoms with Crippen molar-refractivity contribution in [2.75, 3.05) is 7.05 Å². The van der Waals surface area contributed by atoms with Crippen LogP contribution < -0.4 is 5.32 Å². The van der Waals surface area contributed by atoms with Gasteiger partial charge in [0.25, 0.3) is 5.91 Å². The summed E-state index contributed by atoms with van der Waals surface area (Å²) in [6.07, 6.45) is 1.59. The Morgan fingerprint density at radius 1 is 1.42 bits per heavy atom. The van der Waals surface area contributed by atoms with E-state index < -0.39 is 0 Å². The first kappa shape index (κ1) is 10.6. The average Bonchev–Trinajstić information content (AvgIpc) is 2.21. The number of hydrogen-bond acceptors (Lipinski definition) is 2. The van der Waals surface area contributed by atoms with E-state index in [0.29, 0.717) is 5.69 Å². The summed E-state index contributed by atoms with van der Waals surface area (Å²) in [6.45, 7) is 4.00. The van der Waals surface area contributed by atoms with E-state index in [1.165, 1.54) is 0 Å². The molecule has 0 aliphatic carbocycles. The van der Waals surface area contributed by atoms with Gasteiger partial charge in [-0.1, -0.05) is 19.9 Å². The second kappa shape index (κ2) is 6.34. The minimum absolute atomic E-state index is 0.152. The molecule has 0 atom stereocenters. The van der Waals surface area contributed by atoms with Crippen LogP contribution in [0.5, 0.6) is 0 Å². The molecule has 3 nitrogen and oxygen atoms in total. The third kappa shape index (κ3) is 3.14. The number of aromatic nitrogens is 1. The first-order valence-corrected chi connectivity index (χ1v) is 3.97. The first-order chi connectivity index (χ1) is 5.84. The van der Waals surface area contributed by atoms with Crippen molar-refractivity contribution in [2.24, 2.45) is 0 Å². The maximum absolute atomic E-state index is 10.8. The normalized spacial score (nSPS) is 7.92. The number of nitrogens with zero attached hydrogens (tertiary/aromatic N) is 1. The maximum atomic E-state index is 10.8. The molecule has 0 bridgehead atoms. The van der Waals surface area contributed by atoms with Crippen molar-refractivity contribution >= 4 is 5.91 Å². The molecule has 0 aromatic carbocycles. The van der Waals surface area contributed by atoms with Crippen LogP contribution in [-0.4, -0.2) is 17.9 Å².